The van der Waals surface area contributed by atoms with Crippen LogP contribution in [0.4, 0.5) is 0 Å². The molecule has 1 fully saturated rings. The van der Waals surface area contributed by atoms with Crippen molar-refractivity contribution >= 4 is 10.0 Å². The molecule has 0 saturated carbocycles. The van der Waals surface area contributed by atoms with Crippen LogP contribution in [0.5, 0.6) is 0 Å². The van der Waals surface area contributed by atoms with E-state index < -0.39 is 10.0 Å². The predicted molar refractivity (Wildman–Crippen MR) is 62.0 cm³/mol. The summed E-state index contributed by atoms with van der Waals surface area (Å²) in [4.78, 5) is 0. The molecule has 15 heavy (non-hydrogen) atoms. The average molecular weight is 234 g/mol. The Labute approximate surface area is 92.9 Å². The maximum atomic E-state index is 11.8. The maximum absolute atomic E-state index is 11.8. The van der Waals surface area contributed by atoms with E-state index in [2.05, 4.69) is 6.92 Å². The highest BCUT2D eigenvalue weighted by Gasteiger charge is 2.33. The van der Waals surface area contributed by atoms with E-state index in [9.17, 15) is 8.42 Å². The fourth-order valence-electron chi connectivity index (χ4n) is 1.90. The van der Waals surface area contributed by atoms with Crippen LogP contribution in [0.3, 0.4) is 0 Å². The van der Waals surface area contributed by atoms with Crippen molar-refractivity contribution in [2.24, 2.45) is 11.1 Å². The molecule has 4 nitrogen and oxygen atoms in total. The summed E-state index contributed by atoms with van der Waals surface area (Å²) in [6, 6.07) is 0. The second-order valence-corrected chi connectivity index (χ2v) is 6.82. The first-order chi connectivity index (χ1) is 6.93. The van der Waals surface area contributed by atoms with Gasteiger partial charge in [-0.25, -0.2) is 12.7 Å². The standard InChI is InChI=1S/C10H22N2O2S/c1-3-8-15(13,14)12-6-4-10(2,9-11)5-7-12/h3-9,11H2,1-2H3. The molecule has 0 atom stereocenters. The van der Waals surface area contributed by atoms with E-state index in [1.54, 1.807) is 4.31 Å². The number of hydrogen-bond acceptors (Lipinski definition) is 3. The molecule has 0 bridgehead atoms. The smallest absolute Gasteiger partial charge is 0.214 e. The Morgan fingerprint density at radius 1 is 1.33 bits per heavy atom. The van der Waals surface area contributed by atoms with Gasteiger partial charge in [-0.15, -0.1) is 0 Å². The SMILES string of the molecule is CCCS(=O)(=O)N1CCC(C)(CN)CC1. The van der Waals surface area contributed by atoms with E-state index in [-0.39, 0.29) is 11.2 Å². The summed E-state index contributed by atoms with van der Waals surface area (Å²) in [6.45, 7) is 5.95. The summed E-state index contributed by atoms with van der Waals surface area (Å²) >= 11 is 0. The van der Waals surface area contributed by atoms with E-state index in [0.717, 1.165) is 12.8 Å². The number of rotatable bonds is 4. The molecule has 0 aromatic rings. The van der Waals surface area contributed by atoms with E-state index in [1.165, 1.54) is 0 Å². The molecule has 0 unspecified atom stereocenters. The van der Waals surface area contributed by atoms with Crippen LogP contribution in [-0.4, -0.2) is 38.1 Å². The van der Waals surface area contributed by atoms with Gasteiger partial charge >= 0.3 is 0 Å². The minimum absolute atomic E-state index is 0.137. The van der Waals surface area contributed by atoms with Crippen LogP contribution in [0.25, 0.3) is 0 Å². The summed E-state index contributed by atoms with van der Waals surface area (Å²) in [5.74, 6) is 0.270. The first-order valence-electron chi connectivity index (χ1n) is 5.61. The number of sulfonamides is 1. The highest BCUT2D eigenvalue weighted by atomic mass is 32.2. The molecule has 90 valence electrons. The van der Waals surface area contributed by atoms with Crippen LogP contribution in [0.1, 0.15) is 33.1 Å². The Bertz CT molecular complexity index is 293. The van der Waals surface area contributed by atoms with Crippen molar-refractivity contribution in [1.82, 2.24) is 4.31 Å². The monoisotopic (exact) mass is 234 g/mol. The summed E-state index contributed by atoms with van der Waals surface area (Å²) in [5, 5.41) is 0. The van der Waals surface area contributed by atoms with Crippen molar-refractivity contribution in [2.45, 2.75) is 33.1 Å². The highest BCUT2D eigenvalue weighted by Crippen LogP contribution is 2.30. The normalized spacial score (nSPS) is 22.9. The molecule has 1 aliphatic heterocycles. The first kappa shape index (κ1) is 12.9. The zero-order chi connectivity index (χ0) is 11.5. The molecule has 2 N–H and O–H groups in total. The molecule has 0 aromatic heterocycles. The number of hydrogen-bond donors (Lipinski definition) is 1. The van der Waals surface area contributed by atoms with E-state index in [4.69, 9.17) is 5.73 Å². The molecule has 1 rings (SSSR count). The first-order valence-corrected chi connectivity index (χ1v) is 7.22. The Balaban J connectivity index is 2.58. The zero-order valence-electron chi connectivity index (χ0n) is 9.70. The van der Waals surface area contributed by atoms with Gasteiger partial charge in [-0.05, 0) is 31.2 Å². The molecular weight excluding hydrogens is 212 g/mol. The van der Waals surface area contributed by atoms with Crippen LogP contribution in [0, 0.1) is 5.41 Å². The summed E-state index contributed by atoms with van der Waals surface area (Å²) < 4.78 is 25.2. The van der Waals surface area contributed by atoms with Crippen molar-refractivity contribution in [3.05, 3.63) is 0 Å². The largest absolute Gasteiger partial charge is 0.330 e. The van der Waals surface area contributed by atoms with Gasteiger partial charge in [-0.3, -0.25) is 0 Å². The molecule has 1 aliphatic rings. The lowest BCUT2D eigenvalue weighted by molar-refractivity contribution is 0.183. The number of nitrogens with two attached hydrogens (primary N) is 1. The van der Waals surface area contributed by atoms with Gasteiger partial charge in [-0.2, -0.15) is 0 Å². The van der Waals surface area contributed by atoms with Gasteiger partial charge in [0.05, 0.1) is 5.75 Å². The van der Waals surface area contributed by atoms with Crippen molar-refractivity contribution in [1.29, 1.82) is 0 Å². The van der Waals surface area contributed by atoms with Crippen molar-refractivity contribution < 1.29 is 8.42 Å². The molecule has 1 saturated heterocycles. The van der Waals surface area contributed by atoms with Crippen LogP contribution < -0.4 is 5.73 Å². The molecule has 0 aliphatic carbocycles. The lowest BCUT2D eigenvalue weighted by atomic mass is 9.81. The molecule has 5 heteroatoms. The predicted octanol–water partition coefficient (Wildman–Crippen LogP) is 0.787. The van der Waals surface area contributed by atoms with Crippen LogP contribution in [-0.2, 0) is 10.0 Å². The van der Waals surface area contributed by atoms with Crippen molar-refractivity contribution in [3.63, 3.8) is 0 Å². The van der Waals surface area contributed by atoms with Gasteiger partial charge in [0.15, 0.2) is 0 Å². The van der Waals surface area contributed by atoms with Crippen LogP contribution >= 0.6 is 0 Å². The highest BCUT2D eigenvalue weighted by molar-refractivity contribution is 7.89. The van der Waals surface area contributed by atoms with Gasteiger partial charge in [0.1, 0.15) is 0 Å². The van der Waals surface area contributed by atoms with Crippen molar-refractivity contribution in [3.8, 4) is 0 Å². The van der Waals surface area contributed by atoms with Gasteiger partial charge in [0.25, 0.3) is 0 Å². The average Bonchev–Trinajstić information content (AvgIpc) is 2.18. The molecule has 0 radical (unpaired) electrons. The van der Waals surface area contributed by atoms with Gasteiger partial charge < -0.3 is 5.73 Å². The molecule has 0 amide bonds. The van der Waals surface area contributed by atoms with Crippen LogP contribution in [0.2, 0.25) is 0 Å². The van der Waals surface area contributed by atoms with Crippen LogP contribution in [0.15, 0.2) is 0 Å². The molecule has 0 spiro atoms. The minimum Gasteiger partial charge on any atom is -0.330 e. The third-order valence-corrected chi connectivity index (χ3v) is 5.35. The van der Waals surface area contributed by atoms with E-state index >= 15 is 0 Å². The fourth-order valence-corrected chi connectivity index (χ4v) is 3.41. The topological polar surface area (TPSA) is 63.4 Å². The minimum atomic E-state index is -3.00. The van der Waals surface area contributed by atoms with E-state index in [0.29, 0.717) is 26.1 Å². The zero-order valence-corrected chi connectivity index (χ0v) is 10.5. The second kappa shape index (κ2) is 4.80. The van der Waals surface area contributed by atoms with E-state index in [1.807, 2.05) is 6.92 Å². The lowest BCUT2D eigenvalue weighted by Crippen LogP contribution is -2.45. The van der Waals surface area contributed by atoms with Crippen molar-refractivity contribution in [2.75, 3.05) is 25.4 Å². The third kappa shape index (κ3) is 3.16. The molecule has 1 heterocycles. The summed E-state index contributed by atoms with van der Waals surface area (Å²) in [5.41, 5.74) is 5.82. The quantitative estimate of drug-likeness (QED) is 0.782. The fraction of sp³-hybridized carbons (Fsp3) is 1.00. The van der Waals surface area contributed by atoms with Gasteiger partial charge in [0, 0.05) is 13.1 Å². The second-order valence-electron chi connectivity index (χ2n) is 4.73. The number of piperidine rings is 1. The lowest BCUT2D eigenvalue weighted by Gasteiger charge is -2.37. The van der Waals surface area contributed by atoms with Gasteiger partial charge in [-0.1, -0.05) is 13.8 Å². The molecular formula is C10H22N2O2S. The Morgan fingerprint density at radius 3 is 2.27 bits per heavy atom. The molecule has 0 aromatic carbocycles. The Morgan fingerprint density at radius 2 is 1.87 bits per heavy atom. The Kier molecular flexibility index (Phi) is 4.14. The van der Waals surface area contributed by atoms with Gasteiger partial charge in [0.2, 0.25) is 10.0 Å². The number of nitrogens with zero attached hydrogens (tertiary/aromatic N) is 1. The maximum Gasteiger partial charge on any atom is 0.214 e. The summed E-state index contributed by atoms with van der Waals surface area (Å²) in [6.07, 6.45) is 2.45. The third-order valence-electron chi connectivity index (χ3n) is 3.28. The Hall–Kier alpha value is -0.130. The summed E-state index contributed by atoms with van der Waals surface area (Å²) in [7, 11) is -3.00.